The van der Waals surface area contributed by atoms with E-state index in [9.17, 15) is 4.79 Å². The van der Waals surface area contributed by atoms with E-state index in [2.05, 4.69) is 15.7 Å². The number of carbonyl (C=O) groups excluding carboxylic acids is 1. The van der Waals surface area contributed by atoms with Gasteiger partial charge in [-0.2, -0.15) is 5.10 Å². The smallest absolute Gasteiger partial charge is 0.280 e. The summed E-state index contributed by atoms with van der Waals surface area (Å²) in [5.74, 6) is 2.44. The third-order valence-corrected chi connectivity index (χ3v) is 4.51. The molecule has 0 saturated carbocycles. The number of hydrogen-bond donors (Lipinski definition) is 1. The van der Waals surface area contributed by atoms with E-state index in [0.29, 0.717) is 18.2 Å². The molecule has 0 aliphatic rings. The van der Waals surface area contributed by atoms with Gasteiger partial charge in [0.05, 0.1) is 12.8 Å². The summed E-state index contributed by atoms with van der Waals surface area (Å²) in [6.45, 7) is 9.96. The predicted molar refractivity (Wildman–Crippen MR) is 113 cm³/mol. The fourth-order valence-corrected chi connectivity index (χ4v) is 3.02. The van der Waals surface area contributed by atoms with Gasteiger partial charge in [0.25, 0.3) is 5.91 Å². The lowest BCUT2D eigenvalue weighted by Crippen LogP contribution is -2.33. The maximum atomic E-state index is 12.3. The van der Waals surface area contributed by atoms with Gasteiger partial charge in [0.15, 0.2) is 11.9 Å². The van der Waals surface area contributed by atoms with Crippen LogP contribution in [0.4, 0.5) is 0 Å². The second kappa shape index (κ2) is 9.30. The number of nitrogens with one attached hydrogen (secondary N) is 1. The van der Waals surface area contributed by atoms with Crippen molar-refractivity contribution in [3.63, 3.8) is 0 Å². The van der Waals surface area contributed by atoms with Gasteiger partial charge in [-0.15, -0.1) is 0 Å². The molecule has 1 atom stereocenters. The van der Waals surface area contributed by atoms with Crippen molar-refractivity contribution in [2.24, 2.45) is 5.10 Å². The number of carbonyl (C=O) groups is 1. The molecule has 0 aliphatic heterocycles. The number of benzene rings is 1. The number of amides is 1. The van der Waals surface area contributed by atoms with E-state index >= 15 is 0 Å². The Morgan fingerprint density at radius 2 is 1.93 bits per heavy atom. The number of hydrazone groups is 1. The van der Waals surface area contributed by atoms with E-state index in [1.165, 1.54) is 0 Å². The summed E-state index contributed by atoms with van der Waals surface area (Å²) in [6, 6.07) is 11.0. The number of aryl methyl sites for hydroxylation is 2. The number of hydrogen-bond acceptors (Lipinski definition) is 6. The minimum absolute atomic E-state index is 0.346. The highest BCUT2D eigenvalue weighted by Crippen LogP contribution is 2.20. The van der Waals surface area contributed by atoms with Crippen LogP contribution in [0.3, 0.4) is 0 Å². The topological polar surface area (TPSA) is 90.9 Å². The van der Waals surface area contributed by atoms with Crippen LogP contribution in [0.1, 0.15) is 36.6 Å². The summed E-state index contributed by atoms with van der Waals surface area (Å²) in [4.78, 5) is 12.3. The van der Waals surface area contributed by atoms with E-state index < -0.39 is 6.10 Å². The number of ether oxygens (including phenoxy) is 2. The van der Waals surface area contributed by atoms with Crippen LogP contribution in [0, 0.1) is 20.8 Å². The summed E-state index contributed by atoms with van der Waals surface area (Å²) >= 11 is 0. The Balaban J connectivity index is 1.60. The Morgan fingerprint density at radius 1 is 1.23 bits per heavy atom. The minimum Gasteiger partial charge on any atom is -0.494 e. The maximum absolute atomic E-state index is 12.3. The molecule has 0 aliphatic carbocycles. The van der Waals surface area contributed by atoms with Crippen LogP contribution >= 0.6 is 0 Å². The molecule has 1 aromatic carbocycles. The third kappa shape index (κ3) is 4.89. The molecule has 30 heavy (non-hydrogen) atoms. The average Bonchev–Trinajstić information content (AvgIpc) is 3.25. The zero-order valence-corrected chi connectivity index (χ0v) is 17.8. The molecule has 8 nitrogen and oxygen atoms in total. The highest BCUT2D eigenvalue weighted by molar-refractivity contribution is 5.85. The summed E-state index contributed by atoms with van der Waals surface area (Å²) < 4.78 is 18.2. The van der Waals surface area contributed by atoms with E-state index in [1.807, 2.05) is 44.4 Å². The van der Waals surface area contributed by atoms with Gasteiger partial charge in [0.1, 0.15) is 17.3 Å². The first-order chi connectivity index (χ1) is 14.4. The maximum Gasteiger partial charge on any atom is 0.280 e. The normalized spacial score (nSPS) is 12.2. The number of rotatable bonds is 8. The molecule has 158 valence electrons. The van der Waals surface area contributed by atoms with E-state index in [1.54, 1.807) is 37.4 Å². The molecule has 8 heteroatoms. The van der Waals surface area contributed by atoms with Crippen LogP contribution in [-0.2, 0) is 4.79 Å². The second-order valence-corrected chi connectivity index (χ2v) is 6.86. The van der Waals surface area contributed by atoms with Crippen LogP contribution in [0.2, 0.25) is 0 Å². The van der Waals surface area contributed by atoms with E-state index in [4.69, 9.17) is 14.0 Å². The van der Waals surface area contributed by atoms with Gasteiger partial charge in [-0.25, -0.2) is 5.43 Å². The number of nitrogens with zero attached hydrogens (tertiary/aromatic N) is 3. The molecule has 0 radical (unpaired) electrons. The van der Waals surface area contributed by atoms with Crippen LogP contribution in [-0.4, -0.2) is 34.6 Å². The lowest BCUT2D eigenvalue weighted by Gasteiger charge is -2.13. The van der Waals surface area contributed by atoms with E-state index in [0.717, 1.165) is 28.5 Å². The van der Waals surface area contributed by atoms with Crippen molar-refractivity contribution < 1.29 is 18.8 Å². The van der Waals surface area contributed by atoms with Crippen molar-refractivity contribution in [2.75, 3.05) is 6.61 Å². The van der Waals surface area contributed by atoms with Gasteiger partial charge in [-0.05, 0) is 65.0 Å². The van der Waals surface area contributed by atoms with Crippen molar-refractivity contribution in [2.45, 2.75) is 40.7 Å². The standard InChI is InChI=1S/C22H26N4O4/c1-6-28-19-7-9-20(10-8-19)29-17(5)22(27)24-23-13-18-11-14(2)26(16(18)4)21-12-15(3)30-25-21/h7-13,17H,6H2,1-5H3,(H,24,27)/b23-13-/t17-/m1/s1. The van der Waals surface area contributed by atoms with Gasteiger partial charge < -0.3 is 14.0 Å². The summed E-state index contributed by atoms with van der Waals surface area (Å²) in [5, 5.41) is 8.13. The summed E-state index contributed by atoms with van der Waals surface area (Å²) in [7, 11) is 0. The Morgan fingerprint density at radius 3 is 2.57 bits per heavy atom. The summed E-state index contributed by atoms with van der Waals surface area (Å²) in [5.41, 5.74) is 5.32. The fraction of sp³-hybridized carbons (Fsp3) is 0.318. The van der Waals surface area contributed by atoms with Gasteiger partial charge >= 0.3 is 0 Å². The van der Waals surface area contributed by atoms with Crippen LogP contribution in [0.25, 0.3) is 5.82 Å². The Labute approximate surface area is 175 Å². The molecule has 3 aromatic rings. The highest BCUT2D eigenvalue weighted by atomic mass is 16.5. The van der Waals surface area contributed by atoms with E-state index in [-0.39, 0.29) is 5.91 Å². The average molecular weight is 410 g/mol. The van der Waals surface area contributed by atoms with Crippen molar-refractivity contribution >= 4 is 12.1 Å². The van der Waals surface area contributed by atoms with Crippen molar-refractivity contribution in [1.82, 2.24) is 15.1 Å². The molecule has 0 unspecified atom stereocenters. The molecule has 3 rings (SSSR count). The van der Waals surface area contributed by atoms with Crippen LogP contribution in [0.15, 0.2) is 46.0 Å². The molecule has 0 saturated heterocycles. The molecule has 2 heterocycles. The zero-order chi connectivity index (χ0) is 21.7. The molecule has 0 bridgehead atoms. The molecule has 2 aromatic heterocycles. The second-order valence-electron chi connectivity index (χ2n) is 6.86. The molecular weight excluding hydrogens is 384 g/mol. The lowest BCUT2D eigenvalue weighted by molar-refractivity contribution is -0.127. The largest absolute Gasteiger partial charge is 0.494 e. The molecule has 1 amide bonds. The van der Waals surface area contributed by atoms with Crippen molar-refractivity contribution in [3.8, 4) is 17.3 Å². The molecular formula is C22H26N4O4. The minimum atomic E-state index is -0.703. The quantitative estimate of drug-likeness (QED) is 0.452. The Bertz CT molecular complexity index is 1030. The predicted octanol–water partition coefficient (Wildman–Crippen LogP) is 3.71. The van der Waals surface area contributed by atoms with Crippen molar-refractivity contribution in [1.29, 1.82) is 0 Å². The fourth-order valence-electron chi connectivity index (χ4n) is 3.02. The first kappa shape index (κ1) is 21.2. The molecule has 0 fully saturated rings. The highest BCUT2D eigenvalue weighted by Gasteiger charge is 2.15. The molecule has 1 N–H and O–H groups in total. The Kier molecular flexibility index (Phi) is 6.56. The first-order valence-corrected chi connectivity index (χ1v) is 9.74. The van der Waals surface area contributed by atoms with Crippen LogP contribution in [0.5, 0.6) is 11.5 Å². The lowest BCUT2D eigenvalue weighted by atomic mass is 10.3. The van der Waals surface area contributed by atoms with Crippen molar-refractivity contribution in [3.05, 3.63) is 59.1 Å². The SMILES string of the molecule is CCOc1ccc(O[C@H](C)C(=O)N/N=C\c2cc(C)n(-c3cc(C)on3)c2C)cc1. The Hall–Kier alpha value is -3.55. The summed E-state index contributed by atoms with van der Waals surface area (Å²) in [6.07, 6.45) is 0.901. The van der Waals surface area contributed by atoms with Gasteiger partial charge in [0, 0.05) is 23.0 Å². The number of aromatic nitrogens is 2. The van der Waals surface area contributed by atoms with Gasteiger partial charge in [-0.1, -0.05) is 5.16 Å². The monoisotopic (exact) mass is 410 g/mol. The van der Waals surface area contributed by atoms with Gasteiger partial charge in [0.2, 0.25) is 0 Å². The van der Waals surface area contributed by atoms with Gasteiger partial charge in [-0.3, -0.25) is 9.36 Å². The molecule has 0 spiro atoms. The third-order valence-electron chi connectivity index (χ3n) is 4.51. The zero-order valence-electron chi connectivity index (χ0n) is 17.8. The first-order valence-electron chi connectivity index (χ1n) is 9.74. The van der Waals surface area contributed by atoms with Crippen LogP contribution < -0.4 is 14.9 Å².